The van der Waals surface area contributed by atoms with Crippen LogP contribution in [0, 0.1) is 6.92 Å². The molecule has 0 unspecified atom stereocenters. The summed E-state index contributed by atoms with van der Waals surface area (Å²) in [6.07, 6.45) is -2.65. The van der Waals surface area contributed by atoms with E-state index in [2.05, 4.69) is 9.72 Å². The Hall–Kier alpha value is -1.66. The highest BCUT2D eigenvalue weighted by molar-refractivity contribution is 5.93. The molecule has 18 heavy (non-hydrogen) atoms. The number of aryl methyl sites for hydroxylation is 1. The Balaban J connectivity index is 2.78. The second-order valence-electron chi connectivity index (χ2n) is 3.75. The van der Waals surface area contributed by atoms with Gasteiger partial charge < -0.3 is 4.74 Å². The van der Waals surface area contributed by atoms with E-state index in [1.807, 2.05) is 0 Å². The summed E-state index contributed by atoms with van der Waals surface area (Å²) in [5, 5.41) is 0. The van der Waals surface area contributed by atoms with Crippen LogP contribution in [0.15, 0.2) is 12.3 Å². The molecule has 1 aromatic rings. The highest BCUT2D eigenvalue weighted by Crippen LogP contribution is 2.25. The topological polar surface area (TPSA) is 39.2 Å². The maximum Gasteiger partial charge on any atom is 0.340 e. The Labute approximate surface area is 101 Å². The van der Waals surface area contributed by atoms with Gasteiger partial charge in [-0.3, -0.25) is 4.79 Å². The van der Waals surface area contributed by atoms with Crippen molar-refractivity contribution in [1.82, 2.24) is 4.98 Å². The number of halogens is 4. The Morgan fingerprint density at radius 3 is 2.56 bits per heavy atom. The van der Waals surface area contributed by atoms with Crippen molar-refractivity contribution in [2.45, 2.75) is 26.2 Å². The molecule has 0 aromatic carbocycles. The number of Topliss-reactive ketones (excluding diaryl/α,β-unsaturated/α-hetero) is 1. The van der Waals surface area contributed by atoms with Gasteiger partial charge in [-0.2, -0.15) is 8.78 Å². The average Bonchev–Trinajstić information content (AvgIpc) is 2.26. The molecule has 1 rings (SSSR count). The van der Waals surface area contributed by atoms with Crippen molar-refractivity contribution in [3.05, 3.63) is 23.4 Å². The van der Waals surface area contributed by atoms with Crippen LogP contribution in [0.3, 0.4) is 0 Å². The van der Waals surface area contributed by atoms with E-state index in [1.54, 1.807) is 0 Å². The number of aromatic nitrogens is 1. The van der Waals surface area contributed by atoms with Crippen LogP contribution in [-0.2, 0) is 0 Å². The largest absolute Gasteiger partial charge is 0.471 e. The normalized spacial score (nSPS) is 11.7. The molecule has 0 aliphatic carbocycles. The van der Waals surface area contributed by atoms with Gasteiger partial charge in [-0.1, -0.05) is 0 Å². The third kappa shape index (κ3) is 3.41. The van der Waals surface area contributed by atoms with E-state index in [-0.39, 0.29) is 11.7 Å². The molecule has 0 radical (unpaired) electrons. The zero-order chi connectivity index (χ0) is 13.9. The molecule has 1 heterocycles. The maximum atomic E-state index is 12.6. The Bertz CT molecular complexity index is 449. The van der Waals surface area contributed by atoms with Gasteiger partial charge in [0.05, 0.1) is 0 Å². The lowest BCUT2D eigenvalue weighted by atomic mass is 10.1. The van der Waals surface area contributed by atoms with Crippen molar-refractivity contribution in [2.75, 3.05) is 6.61 Å². The van der Waals surface area contributed by atoms with Crippen LogP contribution in [0.25, 0.3) is 0 Å². The molecule has 0 aliphatic rings. The number of hydrogen-bond acceptors (Lipinski definition) is 3. The summed E-state index contributed by atoms with van der Waals surface area (Å²) in [6, 6.07) is 1.39. The van der Waals surface area contributed by atoms with Crippen LogP contribution in [0.5, 0.6) is 5.88 Å². The fourth-order valence-corrected chi connectivity index (χ4v) is 1.13. The molecule has 0 N–H and O–H groups in total. The lowest BCUT2D eigenvalue weighted by molar-refractivity contribution is -0.148. The monoisotopic (exact) mass is 265 g/mol. The van der Waals surface area contributed by atoms with E-state index >= 15 is 0 Å². The van der Waals surface area contributed by atoms with Crippen molar-refractivity contribution >= 4 is 5.78 Å². The molecule has 0 atom stereocenters. The minimum atomic E-state index is -4.23. The smallest absolute Gasteiger partial charge is 0.340 e. The zero-order valence-corrected chi connectivity index (χ0v) is 9.71. The number of hydrogen-bond donors (Lipinski definition) is 0. The zero-order valence-electron chi connectivity index (χ0n) is 9.71. The maximum absolute atomic E-state index is 12.6. The Morgan fingerprint density at radius 1 is 1.50 bits per heavy atom. The van der Waals surface area contributed by atoms with E-state index in [4.69, 9.17) is 0 Å². The Morgan fingerprint density at radius 2 is 2.11 bits per heavy atom. The highest BCUT2D eigenvalue weighted by atomic mass is 19.3. The number of carbonyl (C=O) groups excluding carboxylic acids is 1. The summed E-state index contributed by atoms with van der Waals surface area (Å²) < 4.78 is 53.6. The van der Waals surface area contributed by atoms with E-state index in [9.17, 15) is 22.4 Å². The van der Waals surface area contributed by atoms with Crippen molar-refractivity contribution < 1.29 is 27.1 Å². The molecule has 0 amide bonds. The lowest BCUT2D eigenvalue weighted by Gasteiger charge is -2.16. The molecular formula is C11H11F4NO2. The molecule has 7 heteroatoms. The summed E-state index contributed by atoms with van der Waals surface area (Å²) in [6.45, 7) is 1.34. The summed E-state index contributed by atoms with van der Waals surface area (Å²) in [4.78, 5) is 14.7. The van der Waals surface area contributed by atoms with Gasteiger partial charge in [0.1, 0.15) is 0 Å². The van der Waals surface area contributed by atoms with Crippen LogP contribution in [0.1, 0.15) is 22.8 Å². The number of carbonyl (C=O) groups is 1. The third-order valence-electron chi connectivity index (χ3n) is 2.16. The van der Waals surface area contributed by atoms with Gasteiger partial charge in [0.15, 0.2) is 12.4 Å². The molecule has 0 saturated heterocycles. The summed E-state index contributed by atoms with van der Waals surface area (Å²) in [5.74, 6) is -4.66. The summed E-state index contributed by atoms with van der Waals surface area (Å²) >= 11 is 0. The van der Waals surface area contributed by atoms with Crippen LogP contribution in [0.2, 0.25) is 0 Å². The molecular weight excluding hydrogens is 254 g/mol. The molecule has 1 aromatic heterocycles. The van der Waals surface area contributed by atoms with E-state index in [0.717, 1.165) is 6.20 Å². The first-order valence-electron chi connectivity index (χ1n) is 5.00. The second kappa shape index (κ2) is 5.32. The first-order chi connectivity index (χ1) is 8.24. The fourth-order valence-electron chi connectivity index (χ4n) is 1.13. The number of ketones is 1. The SMILES string of the molecule is CC(=O)c1cnc(OCC(F)(F)C(F)F)c(C)c1. The third-order valence-corrected chi connectivity index (χ3v) is 2.16. The second-order valence-corrected chi connectivity index (χ2v) is 3.75. The molecule has 100 valence electrons. The van der Waals surface area contributed by atoms with Crippen LogP contribution in [0.4, 0.5) is 17.6 Å². The molecule has 0 bridgehead atoms. The van der Waals surface area contributed by atoms with Crippen molar-refractivity contribution in [1.29, 1.82) is 0 Å². The minimum absolute atomic E-state index is 0.194. The van der Waals surface area contributed by atoms with E-state index < -0.39 is 19.0 Å². The van der Waals surface area contributed by atoms with Crippen molar-refractivity contribution in [3.8, 4) is 5.88 Å². The molecule has 3 nitrogen and oxygen atoms in total. The van der Waals surface area contributed by atoms with Gasteiger partial charge in [-0.05, 0) is 19.9 Å². The number of pyridine rings is 1. The molecule has 0 aliphatic heterocycles. The van der Waals surface area contributed by atoms with Gasteiger partial charge in [-0.15, -0.1) is 0 Å². The molecule has 0 fully saturated rings. The van der Waals surface area contributed by atoms with Gasteiger partial charge in [0.2, 0.25) is 5.88 Å². The first kappa shape index (κ1) is 14.4. The molecule has 0 spiro atoms. The quantitative estimate of drug-likeness (QED) is 0.607. The van der Waals surface area contributed by atoms with Gasteiger partial charge >= 0.3 is 12.3 Å². The number of rotatable bonds is 5. The van der Waals surface area contributed by atoms with Crippen molar-refractivity contribution in [3.63, 3.8) is 0 Å². The van der Waals surface area contributed by atoms with Gasteiger partial charge in [-0.25, -0.2) is 13.8 Å². The molecule has 0 saturated carbocycles. The average molecular weight is 265 g/mol. The number of alkyl halides is 4. The van der Waals surface area contributed by atoms with Crippen LogP contribution in [-0.4, -0.2) is 29.7 Å². The van der Waals surface area contributed by atoms with Gasteiger partial charge in [0.25, 0.3) is 0 Å². The van der Waals surface area contributed by atoms with Crippen LogP contribution < -0.4 is 4.74 Å². The van der Waals surface area contributed by atoms with E-state index in [1.165, 1.54) is 19.9 Å². The van der Waals surface area contributed by atoms with Crippen LogP contribution >= 0.6 is 0 Å². The Kier molecular flexibility index (Phi) is 4.26. The van der Waals surface area contributed by atoms with Gasteiger partial charge in [0, 0.05) is 17.3 Å². The van der Waals surface area contributed by atoms with Crippen molar-refractivity contribution in [2.24, 2.45) is 0 Å². The highest BCUT2D eigenvalue weighted by Gasteiger charge is 2.41. The van der Waals surface area contributed by atoms with E-state index in [0.29, 0.717) is 11.1 Å². The number of ether oxygens (including phenoxy) is 1. The lowest BCUT2D eigenvalue weighted by Crippen LogP contribution is -2.34. The summed E-state index contributed by atoms with van der Waals surface area (Å²) in [5.41, 5.74) is 0.619. The number of nitrogens with zero attached hydrogens (tertiary/aromatic N) is 1. The minimum Gasteiger partial charge on any atom is -0.471 e. The summed E-state index contributed by atoms with van der Waals surface area (Å²) in [7, 11) is 0. The fraction of sp³-hybridized carbons (Fsp3) is 0.455. The predicted molar refractivity (Wildman–Crippen MR) is 55.4 cm³/mol. The standard InChI is InChI=1S/C11H11F4NO2/c1-6-3-8(7(2)17)4-16-9(6)18-5-11(14,15)10(12)13/h3-4,10H,5H2,1-2H3. The first-order valence-corrected chi connectivity index (χ1v) is 5.00. The predicted octanol–water partition coefficient (Wildman–Crippen LogP) is 2.87.